The summed E-state index contributed by atoms with van der Waals surface area (Å²) >= 11 is 0. The van der Waals surface area contributed by atoms with E-state index < -0.39 is 16.6 Å². The zero-order chi connectivity index (χ0) is 33.3. The van der Waals surface area contributed by atoms with Crippen molar-refractivity contribution in [3.05, 3.63) is 12.2 Å². The number of carbonyl (C=O) groups is 1. The Labute approximate surface area is 275 Å². The molecule has 0 spiro atoms. The SMILES string of the molecule is C=C1C[C@@H](CCC)OC(=O)[C@@H](C)CCCC[C@@H]2O[C@@H](C[C@H](O[Si](CC)(CC)CC)[C@@H](O[Si](C)(C)C(C)(C)C)[C@H](C)C1)C[C@@H]2C. The highest BCUT2D eigenvalue weighted by atomic mass is 28.4. The average Bonchev–Trinajstić information content (AvgIpc) is 3.29. The first-order chi connectivity index (χ1) is 20.5. The van der Waals surface area contributed by atoms with Crippen LogP contribution >= 0.6 is 0 Å². The summed E-state index contributed by atoms with van der Waals surface area (Å²) in [6.45, 7) is 32.2. The molecule has 2 fully saturated rings. The Morgan fingerprint density at radius 1 is 0.886 bits per heavy atom. The van der Waals surface area contributed by atoms with E-state index in [9.17, 15) is 4.79 Å². The van der Waals surface area contributed by atoms with Gasteiger partial charge < -0.3 is 18.3 Å². The first-order valence-electron chi connectivity index (χ1n) is 18.4. The van der Waals surface area contributed by atoms with E-state index in [0.717, 1.165) is 87.9 Å². The van der Waals surface area contributed by atoms with Crippen LogP contribution in [0.4, 0.5) is 0 Å². The Morgan fingerprint density at radius 2 is 1.50 bits per heavy atom. The predicted molar refractivity (Wildman–Crippen MR) is 191 cm³/mol. The van der Waals surface area contributed by atoms with Crippen molar-refractivity contribution in [2.45, 2.75) is 200 Å². The van der Waals surface area contributed by atoms with Crippen molar-refractivity contribution < 1.29 is 23.1 Å². The monoisotopic (exact) mass is 652 g/mol. The third kappa shape index (κ3) is 11.3. The lowest BCUT2D eigenvalue weighted by Gasteiger charge is -2.46. The van der Waals surface area contributed by atoms with E-state index in [0.29, 0.717) is 5.92 Å². The van der Waals surface area contributed by atoms with Gasteiger partial charge in [-0.05, 0) is 80.2 Å². The second-order valence-corrected chi connectivity index (χ2v) is 25.6. The van der Waals surface area contributed by atoms with Crippen molar-refractivity contribution in [3.8, 4) is 0 Å². The molecule has 0 aromatic rings. The summed E-state index contributed by atoms with van der Waals surface area (Å²) in [5.74, 6) is 0.630. The summed E-state index contributed by atoms with van der Waals surface area (Å²) in [5.41, 5.74) is 1.15. The van der Waals surface area contributed by atoms with Gasteiger partial charge in [0.15, 0.2) is 16.6 Å². The van der Waals surface area contributed by atoms with Crippen molar-refractivity contribution in [3.63, 3.8) is 0 Å². The fourth-order valence-electron chi connectivity index (χ4n) is 7.11. The molecule has 0 N–H and O–H groups in total. The van der Waals surface area contributed by atoms with Gasteiger partial charge in [0.05, 0.1) is 30.3 Å². The second-order valence-electron chi connectivity index (χ2n) is 16.2. The summed E-state index contributed by atoms with van der Waals surface area (Å²) in [4.78, 5) is 13.1. The van der Waals surface area contributed by atoms with Crippen LogP contribution in [-0.2, 0) is 23.1 Å². The molecule has 258 valence electrons. The first-order valence-corrected chi connectivity index (χ1v) is 23.8. The minimum Gasteiger partial charge on any atom is -0.462 e. The van der Waals surface area contributed by atoms with Gasteiger partial charge in [-0.25, -0.2) is 0 Å². The van der Waals surface area contributed by atoms with Gasteiger partial charge in [-0.15, -0.1) is 0 Å². The molecular formula is C37H72O5Si2. The fraction of sp³-hybridized carbons (Fsp3) is 0.919. The zero-order valence-electron chi connectivity index (χ0n) is 31.1. The summed E-state index contributed by atoms with van der Waals surface area (Å²) in [6.07, 6.45) is 9.78. The van der Waals surface area contributed by atoms with Gasteiger partial charge in [0, 0.05) is 12.8 Å². The molecule has 0 aliphatic carbocycles. The Bertz CT molecular complexity index is 871. The summed E-state index contributed by atoms with van der Waals surface area (Å²) < 4.78 is 27.9. The maximum Gasteiger partial charge on any atom is 0.308 e. The standard InChI is InChI=1S/C37H72O5Si2/c1-14-20-31-24-27(5)23-30(8)35(42-43(12,13)37(9,10)11)34(41-44(15-2,16-3)17-4)26-32-25-29(7)33(39-32)22-19-18-21-28(6)36(38)40-31/h28-35H,5,14-26H2,1-4,6-13H3/t28-,29-,30+,31+,32+,33-,34-,35-/m0/s1. The third-order valence-electron chi connectivity index (χ3n) is 11.4. The quantitative estimate of drug-likeness (QED) is 0.141. The van der Waals surface area contributed by atoms with Crippen LogP contribution in [0.15, 0.2) is 12.2 Å². The summed E-state index contributed by atoms with van der Waals surface area (Å²) in [6, 6.07) is 3.37. The topological polar surface area (TPSA) is 54.0 Å². The normalized spacial score (nSPS) is 32.6. The Kier molecular flexibility index (Phi) is 15.9. The maximum absolute atomic E-state index is 13.1. The molecule has 0 amide bonds. The zero-order valence-corrected chi connectivity index (χ0v) is 33.1. The van der Waals surface area contributed by atoms with Gasteiger partial charge in [-0.2, -0.15) is 0 Å². The molecule has 2 saturated heterocycles. The Balaban J connectivity index is 2.54. The van der Waals surface area contributed by atoms with E-state index >= 15 is 0 Å². The van der Waals surface area contributed by atoms with Gasteiger partial charge >= 0.3 is 5.97 Å². The molecule has 2 rings (SSSR count). The molecule has 0 radical (unpaired) electrons. The van der Waals surface area contributed by atoms with Gasteiger partial charge in [0.2, 0.25) is 0 Å². The van der Waals surface area contributed by atoms with Crippen LogP contribution in [0.2, 0.25) is 36.3 Å². The minimum atomic E-state index is -2.12. The number of carbonyl (C=O) groups excluding carboxylic acids is 1. The van der Waals surface area contributed by atoms with E-state index in [-0.39, 0.29) is 53.4 Å². The molecule has 0 unspecified atom stereocenters. The second kappa shape index (κ2) is 17.6. The first kappa shape index (κ1) is 39.7. The molecule has 0 aromatic heterocycles. The molecule has 2 aliphatic heterocycles. The van der Waals surface area contributed by atoms with Gasteiger partial charge in [-0.3, -0.25) is 4.79 Å². The van der Waals surface area contributed by atoms with Crippen LogP contribution in [0.1, 0.15) is 133 Å². The summed E-state index contributed by atoms with van der Waals surface area (Å²) in [5, 5.41) is 0.0929. The van der Waals surface area contributed by atoms with Crippen LogP contribution in [0.3, 0.4) is 0 Å². The molecule has 2 bridgehead atoms. The summed E-state index contributed by atoms with van der Waals surface area (Å²) in [7, 11) is -4.05. The number of ether oxygens (including phenoxy) is 2. The van der Waals surface area contributed by atoms with Crippen LogP contribution in [0, 0.1) is 17.8 Å². The highest BCUT2D eigenvalue weighted by Gasteiger charge is 2.46. The van der Waals surface area contributed by atoms with Gasteiger partial charge in [0.25, 0.3) is 0 Å². The fourth-order valence-corrected chi connectivity index (χ4v) is 11.4. The number of hydrogen-bond acceptors (Lipinski definition) is 5. The lowest BCUT2D eigenvalue weighted by molar-refractivity contribution is -0.154. The predicted octanol–water partition coefficient (Wildman–Crippen LogP) is 10.8. The third-order valence-corrected chi connectivity index (χ3v) is 20.6. The van der Waals surface area contributed by atoms with Crippen molar-refractivity contribution >= 4 is 22.6 Å². The molecule has 7 heteroatoms. The lowest BCUT2D eigenvalue weighted by atomic mass is 9.88. The highest BCUT2D eigenvalue weighted by molar-refractivity contribution is 6.74. The Morgan fingerprint density at radius 3 is 2.07 bits per heavy atom. The molecule has 0 aromatic carbocycles. The van der Waals surface area contributed by atoms with Gasteiger partial charge in [0.1, 0.15) is 6.10 Å². The van der Waals surface area contributed by atoms with Crippen LogP contribution in [-0.4, -0.2) is 53.1 Å². The van der Waals surface area contributed by atoms with Gasteiger partial charge in [-0.1, -0.05) is 101 Å². The van der Waals surface area contributed by atoms with E-state index in [4.69, 9.17) is 18.3 Å². The molecule has 44 heavy (non-hydrogen) atoms. The largest absolute Gasteiger partial charge is 0.462 e. The van der Waals surface area contributed by atoms with E-state index in [1.54, 1.807) is 0 Å². The van der Waals surface area contributed by atoms with Crippen LogP contribution in [0.5, 0.6) is 0 Å². The lowest BCUT2D eigenvalue weighted by Crippen LogP contribution is -2.53. The van der Waals surface area contributed by atoms with Crippen molar-refractivity contribution in [1.82, 2.24) is 0 Å². The minimum absolute atomic E-state index is 0.00149. The molecule has 2 heterocycles. The van der Waals surface area contributed by atoms with Crippen molar-refractivity contribution in [2.24, 2.45) is 17.8 Å². The molecule has 8 atom stereocenters. The number of cyclic esters (lactones) is 1. The Hall–Kier alpha value is -0.476. The molecular weight excluding hydrogens is 581 g/mol. The number of fused-ring (bicyclic) bond motifs is 2. The highest BCUT2D eigenvalue weighted by Crippen LogP contribution is 2.42. The average molecular weight is 653 g/mol. The van der Waals surface area contributed by atoms with Crippen molar-refractivity contribution in [1.29, 1.82) is 0 Å². The smallest absolute Gasteiger partial charge is 0.308 e. The van der Waals surface area contributed by atoms with E-state index in [1.165, 1.54) is 0 Å². The van der Waals surface area contributed by atoms with Crippen LogP contribution < -0.4 is 0 Å². The number of hydrogen-bond donors (Lipinski definition) is 0. The maximum atomic E-state index is 13.1. The van der Waals surface area contributed by atoms with Crippen molar-refractivity contribution in [2.75, 3.05) is 0 Å². The van der Waals surface area contributed by atoms with E-state index in [1.807, 2.05) is 6.92 Å². The number of esters is 1. The molecule has 5 nitrogen and oxygen atoms in total. The molecule has 0 saturated carbocycles. The number of rotatable bonds is 9. The van der Waals surface area contributed by atoms with Crippen LogP contribution in [0.25, 0.3) is 0 Å². The molecule has 2 aliphatic rings. The van der Waals surface area contributed by atoms with E-state index in [2.05, 4.69) is 82.0 Å².